The van der Waals surface area contributed by atoms with Crippen molar-refractivity contribution in [2.75, 3.05) is 18.1 Å². The summed E-state index contributed by atoms with van der Waals surface area (Å²) < 4.78 is 19.6. The molecule has 0 saturated carbocycles. The van der Waals surface area contributed by atoms with Crippen LogP contribution < -0.4 is 15.0 Å². The molecule has 8 heteroatoms. The summed E-state index contributed by atoms with van der Waals surface area (Å²) in [5.74, 6) is -0.431. The standard InChI is InChI=1S/C22H20FN3O3S/c1-16(27)26(20-10-6-5-9-19(20)23)22-25-17(15-30-22)11-12-21(28)24-13-14-29-18-7-3-2-4-8-18/h2-12,15H,13-14H2,1H3,(H,24,28). The predicted molar refractivity (Wildman–Crippen MR) is 115 cm³/mol. The molecule has 0 bridgehead atoms. The van der Waals surface area contributed by atoms with E-state index in [0.717, 1.165) is 5.75 Å². The second-order valence-corrected chi connectivity index (χ2v) is 6.98. The molecule has 1 aromatic heterocycles. The molecule has 0 atom stereocenters. The van der Waals surface area contributed by atoms with Gasteiger partial charge in [-0.25, -0.2) is 9.37 Å². The van der Waals surface area contributed by atoms with Gasteiger partial charge in [-0.05, 0) is 30.3 Å². The van der Waals surface area contributed by atoms with Crippen molar-refractivity contribution in [3.05, 3.63) is 77.6 Å². The summed E-state index contributed by atoms with van der Waals surface area (Å²) in [6.45, 7) is 2.04. The molecule has 0 aliphatic heterocycles. The number of hydrogen-bond donors (Lipinski definition) is 1. The van der Waals surface area contributed by atoms with E-state index in [1.54, 1.807) is 17.5 Å². The number of para-hydroxylation sites is 2. The third-order valence-electron chi connectivity index (χ3n) is 3.93. The fraction of sp³-hybridized carbons (Fsp3) is 0.136. The van der Waals surface area contributed by atoms with E-state index in [1.807, 2.05) is 30.3 Å². The third kappa shape index (κ3) is 5.74. The van der Waals surface area contributed by atoms with Gasteiger partial charge < -0.3 is 10.1 Å². The van der Waals surface area contributed by atoms with E-state index in [-0.39, 0.29) is 17.5 Å². The average Bonchev–Trinajstić information content (AvgIpc) is 3.20. The van der Waals surface area contributed by atoms with Crippen LogP contribution in [0.2, 0.25) is 0 Å². The lowest BCUT2D eigenvalue weighted by Gasteiger charge is -2.18. The summed E-state index contributed by atoms with van der Waals surface area (Å²) in [5, 5.41) is 4.73. The highest BCUT2D eigenvalue weighted by Gasteiger charge is 2.20. The van der Waals surface area contributed by atoms with Gasteiger partial charge in [0.25, 0.3) is 0 Å². The van der Waals surface area contributed by atoms with Gasteiger partial charge in [0.2, 0.25) is 11.8 Å². The first kappa shape index (κ1) is 21.2. The maximum absolute atomic E-state index is 14.1. The van der Waals surface area contributed by atoms with Crippen molar-refractivity contribution in [2.24, 2.45) is 0 Å². The highest BCUT2D eigenvalue weighted by atomic mass is 32.1. The zero-order chi connectivity index (χ0) is 21.3. The number of thiazole rings is 1. The van der Waals surface area contributed by atoms with E-state index < -0.39 is 5.82 Å². The number of hydrogen-bond acceptors (Lipinski definition) is 5. The Hall–Kier alpha value is -3.52. The van der Waals surface area contributed by atoms with Crippen molar-refractivity contribution in [3.8, 4) is 5.75 Å². The van der Waals surface area contributed by atoms with E-state index in [2.05, 4.69) is 10.3 Å². The first-order chi connectivity index (χ1) is 14.5. The van der Waals surface area contributed by atoms with E-state index in [1.165, 1.54) is 47.4 Å². The molecule has 0 aliphatic carbocycles. The van der Waals surface area contributed by atoms with Crippen molar-refractivity contribution < 1.29 is 18.7 Å². The smallest absolute Gasteiger partial charge is 0.244 e. The van der Waals surface area contributed by atoms with Gasteiger partial charge in [0.15, 0.2) is 5.13 Å². The van der Waals surface area contributed by atoms with Crippen molar-refractivity contribution in [3.63, 3.8) is 0 Å². The summed E-state index contributed by atoms with van der Waals surface area (Å²) in [4.78, 5) is 29.5. The van der Waals surface area contributed by atoms with Crippen molar-refractivity contribution >= 4 is 40.0 Å². The molecule has 0 spiro atoms. The van der Waals surface area contributed by atoms with Crippen LogP contribution in [0.1, 0.15) is 12.6 Å². The minimum Gasteiger partial charge on any atom is -0.492 e. The van der Waals surface area contributed by atoms with Crippen LogP contribution in [0.3, 0.4) is 0 Å². The molecule has 2 aromatic carbocycles. The van der Waals surface area contributed by atoms with E-state index in [4.69, 9.17) is 4.74 Å². The lowest BCUT2D eigenvalue weighted by atomic mass is 10.3. The van der Waals surface area contributed by atoms with Crippen LogP contribution in [0.15, 0.2) is 66.1 Å². The van der Waals surface area contributed by atoms with Crippen molar-refractivity contribution in [1.29, 1.82) is 0 Å². The molecule has 0 radical (unpaired) electrons. The lowest BCUT2D eigenvalue weighted by Crippen LogP contribution is -2.26. The van der Waals surface area contributed by atoms with Gasteiger partial charge in [0.05, 0.1) is 17.9 Å². The molecule has 2 amide bonds. The molecule has 30 heavy (non-hydrogen) atoms. The number of amides is 2. The molecule has 0 saturated heterocycles. The number of anilines is 2. The monoisotopic (exact) mass is 425 g/mol. The number of carbonyl (C=O) groups excluding carboxylic acids is 2. The van der Waals surface area contributed by atoms with Crippen LogP contribution in [-0.4, -0.2) is 29.9 Å². The number of aromatic nitrogens is 1. The fourth-order valence-corrected chi connectivity index (χ4v) is 3.42. The second kappa shape index (κ2) is 10.3. The number of ether oxygens (including phenoxy) is 1. The van der Waals surface area contributed by atoms with Crippen LogP contribution in [0.25, 0.3) is 6.08 Å². The van der Waals surface area contributed by atoms with Gasteiger partial charge in [0, 0.05) is 18.4 Å². The Morgan fingerprint density at radius 1 is 1.17 bits per heavy atom. The quantitative estimate of drug-likeness (QED) is 0.434. The normalized spacial score (nSPS) is 10.7. The Morgan fingerprint density at radius 3 is 2.63 bits per heavy atom. The first-order valence-corrected chi connectivity index (χ1v) is 10.1. The number of nitrogens with one attached hydrogen (secondary N) is 1. The van der Waals surface area contributed by atoms with E-state index in [0.29, 0.717) is 24.0 Å². The van der Waals surface area contributed by atoms with E-state index >= 15 is 0 Å². The first-order valence-electron chi connectivity index (χ1n) is 9.19. The highest BCUT2D eigenvalue weighted by Crippen LogP contribution is 2.30. The van der Waals surface area contributed by atoms with Crippen LogP contribution in [0.5, 0.6) is 5.75 Å². The summed E-state index contributed by atoms with van der Waals surface area (Å²) >= 11 is 1.18. The molecule has 0 unspecified atom stereocenters. The molecular weight excluding hydrogens is 405 g/mol. The molecule has 3 rings (SSSR count). The topological polar surface area (TPSA) is 71.5 Å². The van der Waals surface area contributed by atoms with Gasteiger partial charge >= 0.3 is 0 Å². The summed E-state index contributed by atoms with van der Waals surface area (Å²) in [5.41, 5.74) is 0.624. The summed E-state index contributed by atoms with van der Waals surface area (Å²) in [6, 6.07) is 15.3. The minimum atomic E-state index is -0.517. The Morgan fingerprint density at radius 2 is 1.90 bits per heavy atom. The zero-order valence-corrected chi connectivity index (χ0v) is 17.1. The van der Waals surface area contributed by atoms with E-state index in [9.17, 15) is 14.0 Å². The SMILES string of the molecule is CC(=O)N(c1nc(C=CC(=O)NCCOc2ccccc2)cs1)c1ccccc1F. The van der Waals surface area contributed by atoms with Crippen LogP contribution in [0, 0.1) is 5.82 Å². The maximum Gasteiger partial charge on any atom is 0.244 e. The van der Waals surface area contributed by atoms with Crippen LogP contribution in [-0.2, 0) is 9.59 Å². The molecule has 3 aromatic rings. The summed E-state index contributed by atoms with van der Waals surface area (Å²) in [6.07, 6.45) is 2.88. The number of benzene rings is 2. The molecule has 1 heterocycles. The molecule has 0 fully saturated rings. The Bertz CT molecular complexity index is 1040. The maximum atomic E-state index is 14.1. The molecular formula is C22H20FN3O3S. The lowest BCUT2D eigenvalue weighted by molar-refractivity contribution is -0.117. The van der Waals surface area contributed by atoms with Crippen LogP contribution >= 0.6 is 11.3 Å². The summed E-state index contributed by atoms with van der Waals surface area (Å²) in [7, 11) is 0. The van der Waals surface area contributed by atoms with Crippen LogP contribution in [0.4, 0.5) is 15.2 Å². The Kier molecular flexibility index (Phi) is 7.29. The third-order valence-corrected chi connectivity index (χ3v) is 4.77. The number of nitrogens with zero attached hydrogens (tertiary/aromatic N) is 2. The molecule has 6 nitrogen and oxygen atoms in total. The Balaban J connectivity index is 1.56. The van der Waals surface area contributed by atoms with Gasteiger partial charge in [-0.3, -0.25) is 14.5 Å². The highest BCUT2D eigenvalue weighted by molar-refractivity contribution is 7.14. The zero-order valence-electron chi connectivity index (χ0n) is 16.2. The molecule has 154 valence electrons. The van der Waals surface area contributed by atoms with Crippen molar-refractivity contribution in [1.82, 2.24) is 10.3 Å². The Labute approximate surface area is 177 Å². The van der Waals surface area contributed by atoms with Gasteiger partial charge in [0.1, 0.15) is 18.2 Å². The number of halogens is 1. The van der Waals surface area contributed by atoms with Crippen molar-refractivity contribution in [2.45, 2.75) is 6.92 Å². The largest absolute Gasteiger partial charge is 0.492 e. The van der Waals surface area contributed by atoms with Gasteiger partial charge in [-0.1, -0.05) is 30.3 Å². The molecule has 1 N–H and O–H groups in total. The predicted octanol–water partition coefficient (Wildman–Crippen LogP) is 4.18. The average molecular weight is 425 g/mol. The minimum absolute atomic E-state index is 0.131. The van der Waals surface area contributed by atoms with Gasteiger partial charge in [-0.15, -0.1) is 11.3 Å². The molecule has 0 aliphatic rings. The second-order valence-electron chi connectivity index (χ2n) is 6.15. The van der Waals surface area contributed by atoms with Gasteiger partial charge in [-0.2, -0.15) is 0 Å². The fourth-order valence-electron chi connectivity index (χ4n) is 2.58. The number of carbonyl (C=O) groups is 2. The number of rotatable bonds is 8.